The average molecular weight is 303 g/mol. The van der Waals surface area contributed by atoms with Crippen molar-refractivity contribution in [3.05, 3.63) is 47.5 Å². The van der Waals surface area contributed by atoms with Gasteiger partial charge < -0.3 is 10.0 Å². The van der Waals surface area contributed by atoms with Gasteiger partial charge in [-0.05, 0) is 23.8 Å². The number of carbonyl (C=O) groups excluding carboxylic acids is 1. The van der Waals surface area contributed by atoms with E-state index in [9.17, 15) is 14.7 Å². The van der Waals surface area contributed by atoms with E-state index in [1.165, 1.54) is 6.07 Å². The third-order valence-corrected chi connectivity index (χ3v) is 3.93. The van der Waals surface area contributed by atoms with Crippen molar-refractivity contribution in [2.24, 2.45) is 0 Å². The number of thioether (sulfide) groups is 1. The standard InChI is InChI=1S/C16H17NO3S/c1-17(9-10-21-2)15(18)12-7-3-5-11-6-4-8-13(14(11)12)16(19)20/h3-8H,9-10H2,1-2H3,(H,19,20). The van der Waals surface area contributed by atoms with E-state index in [1.54, 1.807) is 41.9 Å². The molecule has 5 heteroatoms. The summed E-state index contributed by atoms with van der Waals surface area (Å²) in [7, 11) is 1.74. The van der Waals surface area contributed by atoms with Crippen molar-refractivity contribution in [1.82, 2.24) is 4.90 Å². The Morgan fingerprint density at radius 1 is 1.14 bits per heavy atom. The normalized spacial score (nSPS) is 10.6. The number of benzene rings is 2. The molecule has 4 nitrogen and oxygen atoms in total. The van der Waals surface area contributed by atoms with E-state index >= 15 is 0 Å². The Labute approximate surface area is 127 Å². The predicted molar refractivity (Wildman–Crippen MR) is 86.2 cm³/mol. The molecule has 0 saturated carbocycles. The van der Waals surface area contributed by atoms with Gasteiger partial charge in [0.05, 0.1) is 5.56 Å². The van der Waals surface area contributed by atoms with Gasteiger partial charge in [-0.15, -0.1) is 0 Å². The third-order valence-electron chi connectivity index (χ3n) is 3.34. The maximum absolute atomic E-state index is 12.6. The predicted octanol–water partition coefficient (Wildman–Crippen LogP) is 2.97. The van der Waals surface area contributed by atoms with Crippen molar-refractivity contribution in [2.45, 2.75) is 0 Å². The highest BCUT2D eigenvalue weighted by Gasteiger charge is 2.18. The molecule has 21 heavy (non-hydrogen) atoms. The van der Waals surface area contributed by atoms with Crippen LogP contribution in [0.5, 0.6) is 0 Å². The first-order valence-corrected chi connectivity index (χ1v) is 7.95. The molecule has 0 spiro atoms. The molecule has 2 aromatic rings. The van der Waals surface area contributed by atoms with Crippen molar-refractivity contribution < 1.29 is 14.7 Å². The van der Waals surface area contributed by atoms with Crippen molar-refractivity contribution in [1.29, 1.82) is 0 Å². The number of carboxylic acids is 1. The van der Waals surface area contributed by atoms with Gasteiger partial charge in [-0.2, -0.15) is 11.8 Å². The monoisotopic (exact) mass is 303 g/mol. The minimum atomic E-state index is -1.02. The van der Waals surface area contributed by atoms with Gasteiger partial charge in [0.25, 0.3) is 5.91 Å². The van der Waals surface area contributed by atoms with Crippen LogP contribution in [0.15, 0.2) is 36.4 Å². The number of carboxylic acid groups (broad SMARTS) is 1. The first-order chi connectivity index (χ1) is 10.1. The molecule has 0 aromatic heterocycles. The molecular formula is C16H17NO3S. The summed E-state index contributed by atoms with van der Waals surface area (Å²) in [5.41, 5.74) is 0.601. The second kappa shape index (κ2) is 6.63. The van der Waals surface area contributed by atoms with Gasteiger partial charge in [0.15, 0.2) is 0 Å². The lowest BCUT2D eigenvalue weighted by Gasteiger charge is -2.18. The summed E-state index contributed by atoms with van der Waals surface area (Å²) in [5, 5.41) is 10.6. The molecular weight excluding hydrogens is 286 g/mol. The SMILES string of the molecule is CSCCN(C)C(=O)c1cccc2cccc(C(=O)O)c12. The number of nitrogens with zero attached hydrogens (tertiary/aromatic N) is 1. The quantitative estimate of drug-likeness (QED) is 0.922. The second-order valence-corrected chi connectivity index (χ2v) is 5.72. The summed E-state index contributed by atoms with van der Waals surface area (Å²) in [6, 6.07) is 10.3. The molecule has 0 aliphatic heterocycles. The molecule has 0 heterocycles. The molecule has 2 rings (SSSR count). The van der Waals surface area contributed by atoms with Gasteiger partial charge in [0.2, 0.25) is 0 Å². The lowest BCUT2D eigenvalue weighted by atomic mass is 9.98. The van der Waals surface area contributed by atoms with Gasteiger partial charge in [-0.3, -0.25) is 4.79 Å². The fourth-order valence-electron chi connectivity index (χ4n) is 2.23. The zero-order valence-electron chi connectivity index (χ0n) is 12.0. The molecule has 110 valence electrons. The summed E-state index contributed by atoms with van der Waals surface area (Å²) in [5.74, 6) is -0.324. The van der Waals surface area contributed by atoms with Crippen LogP contribution in [-0.2, 0) is 0 Å². The summed E-state index contributed by atoms with van der Waals surface area (Å²) in [6.45, 7) is 0.631. The largest absolute Gasteiger partial charge is 0.478 e. The molecule has 0 bridgehead atoms. The highest BCUT2D eigenvalue weighted by molar-refractivity contribution is 7.98. The maximum Gasteiger partial charge on any atom is 0.336 e. The summed E-state index contributed by atoms with van der Waals surface area (Å²) in [6.07, 6.45) is 1.98. The number of hydrogen-bond donors (Lipinski definition) is 1. The maximum atomic E-state index is 12.6. The summed E-state index contributed by atoms with van der Waals surface area (Å²) < 4.78 is 0. The van der Waals surface area contributed by atoms with Crippen molar-refractivity contribution in [2.75, 3.05) is 25.6 Å². The number of carbonyl (C=O) groups is 2. The van der Waals surface area contributed by atoms with Gasteiger partial charge in [0.1, 0.15) is 0 Å². The molecule has 0 saturated heterocycles. The highest BCUT2D eigenvalue weighted by atomic mass is 32.2. The Hall–Kier alpha value is -2.01. The lowest BCUT2D eigenvalue weighted by molar-refractivity contribution is 0.0699. The van der Waals surface area contributed by atoms with E-state index < -0.39 is 5.97 Å². The van der Waals surface area contributed by atoms with Gasteiger partial charge in [-0.1, -0.05) is 24.3 Å². The van der Waals surface area contributed by atoms with Gasteiger partial charge in [-0.25, -0.2) is 4.79 Å². The molecule has 0 fully saturated rings. The van der Waals surface area contributed by atoms with Crippen LogP contribution in [0, 0.1) is 0 Å². The van der Waals surface area contributed by atoms with Crippen LogP contribution in [0.25, 0.3) is 10.8 Å². The smallest absolute Gasteiger partial charge is 0.336 e. The minimum Gasteiger partial charge on any atom is -0.478 e. The Kier molecular flexibility index (Phi) is 4.85. The van der Waals surface area contributed by atoms with E-state index in [-0.39, 0.29) is 11.5 Å². The van der Waals surface area contributed by atoms with Crippen molar-refractivity contribution in [3.8, 4) is 0 Å². The van der Waals surface area contributed by atoms with E-state index in [4.69, 9.17) is 0 Å². The Balaban J connectivity index is 2.53. The second-order valence-electron chi connectivity index (χ2n) is 4.73. The van der Waals surface area contributed by atoms with Crippen LogP contribution in [-0.4, -0.2) is 47.5 Å². The van der Waals surface area contributed by atoms with Crippen molar-refractivity contribution >= 4 is 34.4 Å². The highest BCUT2D eigenvalue weighted by Crippen LogP contribution is 2.24. The molecule has 0 radical (unpaired) electrons. The summed E-state index contributed by atoms with van der Waals surface area (Å²) in [4.78, 5) is 25.6. The van der Waals surface area contributed by atoms with E-state index in [1.807, 2.05) is 18.4 Å². The fraction of sp³-hybridized carbons (Fsp3) is 0.250. The van der Waals surface area contributed by atoms with Gasteiger partial charge in [0, 0.05) is 30.3 Å². The number of amides is 1. The van der Waals surface area contributed by atoms with E-state index in [0.29, 0.717) is 17.5 Å². The molecule has 1 amide bonds. The minimum absolute atomic E-state index is 0.150. The van der Waals surface area contributed by atoms with Crippen LogP contribution < -0.4 is 0 Å². The van der Waals surface area contributed by atoms with Crippen LogP contribution in [0.2, 0.25) is 0 Å². The summed E-state index contributed by atoms with van der Waals surface area (Å²) >= 11 is 1.67. The molecule has 0 atom stereocenters. The lowest BCUT2D eigenvalue weighted by Crippen LogP contribution is -2.29. The van der Waals surface area contributed by atoms with Crippen LogP contribution in [0.1, 0.15) is 20.7 Å². The third kappa shape index (κ3) is 3.19. The number of aromatic carboxylic acids is 1. The van der Waals surface area contributed by atoms with Crippen LogP contribution in [0.3, 0.4) is 0 Å². The average Bonchev–Trinajstić information content (AvgIpc) is 2.50. The zero-order chi connectivity index (χ0) is 15.4. The first-order valence-electron chi connectivity index (χ1n) is 6.55. The molecule has 2 aromatic carbocycles. The topological polar surface area (TPSA) is 57.6 Å². The number of rotatable bonds is 5. The molecule has 0 aliphatic carbocycles. The molecule has 0 unspecified atom stereocenters. The van der Waals surface area contributed by atoms with E-state index in [0.717, 1.165) is 11.1 Å². The Bertz CT molecular complexity index is 679. The fourth-order valence-corrected chi connectivity index (χ4v) is 2.69. The van der Waals surface area contributed by atoms with Crippen molar-refractivity contribution in [3.63, 3.8) is 0 Å². The van der Waals surface area contributed by atoms with E-state index in [2.05, 4.69) is 0 Å². The van der Waals surface area contributed by atoms with Crippen LogP contribution in [0.4, 0.5) is 0 Å². The molecule has 1 N–H and O–H groups in total. The van der Waals surface area contributed by atoms with Gasteiger partial charge >= 0.3 is 5.97 Å². The number of hydrogen-bond acceptors (Lipinski definition) is 3. The zero-order valence-corrected chi connectivity index (χ0v) is 12.8. The Morgan fingerprint density at radius 2 is 1.76 bits per heavy atom. The first kappa shape index (κ1) is 15.4. The van der Waals surface area contributed by atoms with Crippen LogP contribution >= 0.6 is 11.8 Å². The Morgan fingerprint density at radius 3 is 2.33 bits per heavy atom. The molecule has 0 aliphatic rings. The number of fused-ring (bicyclic) bond motifs is 1.